The summed E-state index contributed by atoms with van der Waals surface area (Å²) in [7, 11) is 0. The lowest BCUT2D eigenvalue weighted by Crippen LogP contribution is -2.22. The molecule has 0 saturated carbocycles. The van der Waals surface area contributed by atoms with Crippen molar-refractivity contribution in [2.75, 3.05) is 0 Å². The van der Waals surface area contributed by atoms with Gasteiger partial charge in [-0.3, -0.25) is 0 Å². The number of phenolic OH excluding ortho intramolecular Hbond substituents is 1. The third-order valence-electron chi connectivity index (χ3n) is 2.83. The summed E-state index contributed by atoms with van der Waals surface area (Å²) in [6, 6.07) is 29.6. The van der Waals surface area contributed by atoms with Crippen molar-refractivity contribution in [3.8, 4) is 11.5 Å². The number of phenols is 1. The minimum atomic E-state index is -0.959. The molecule has 0 aromatic heterocycles. The van der Waals surface area contributed by atoms with Crippen molar-refractivity contribution in [3.05, 3.63) is 97.1 Å². The lowest BCUT2D eigenvalue weighted by Gasteiger charge is -2.09. The maximum absolute atomic E-state index is 10.4. The minimum Gasteiger partial charge on any atom is -0.508 e. The molecule has 25 heavy (non-hydrogen) atoms. The summed E-state index contributed by atoms with van der Waals surface area (Å²) in [6.45, 7) is 1.50. The molecule has 130 valence electrons. The summed E-state index contributed by atoms with van der Waals surface area (Å²) in [5, 5.41) is 17.2. The molecule has 3 rings (SSSR count). The van der Waals surface area contributed by atoms with Gasteiger partial charge in [-0.1, -0.05) is 72.8 Å². The number of aliphatic carboxylic acids is 1. The average Bonchev–Trinajstić information content (AvgIpc) is 2.65. The van der Waals surface area contributed by atoms with E-state index in [1.165, 1.54) is 6.92 Å². The van der Waals surface area contributed by atoms with Crippen LogP contribution in [0.2, 0.25) is 0 Å². The summed E-state index contributed by atoms with van der Waals surface area (Å²) in [4.78, 5) is 10.4. The topological polar surface area (TPSA) is 66.8 Å². The number of rotatable bonds is 3. The van der Waals surface area contributed by atoms with E-state index in [1.54, 1.807) is 48.5 Å². The Bertz CT molecular complexity index is 658. The Morgan fingerprint density at radius 1 is 0.760 bits per heavy atom. The van der Waals surface area contributed by atoms with Gasteiger partial charge in [-0.05, 0) is 31.2 Å². The van der Waals surface area contributed by atoms with Crippen molar-refractivity contribution in [1.29, 1.82) is 0 Å². The second-order valence-electron chi connectivity index (χ2n) is 4.90. The monoisotopic (exact) mass is 338 g/mol. The Morgan fingerprint density at radius 2 is 1.12 bits per heavy atom. The van der Waals surface area contributed by atoms with Gasteiger partial charge in [0.15, 0.2) is 6.10 Å². The van der Waals surface area contributed by atoms with Gasteiger partial charge in [0.1, 0.15) is 11.5 Å². The van der Waals surface area contributed by atoms with Crippen LogP contribution >= 0.6 is 0 Å². The Kier molecular flexibility index (Phi) is 9.64. The summed E-state index contributed by atoms with van der Waals surface area (Å²) in [6.07, 6.45) is -0.799. The fraction of sp³-hybridized carbons (Fsp3) is 0.0952. The molecule has 0 aliphatic heterocycles. The maximum atomic E-state index is 10.4. The zero-order valence-electron chi connectivity index (χ0n) is 14.0. The summed E-state index contributed by atoms with van der Waals surface area (Å²) in [5.74, 6) is -0.0613. The predicted octanol–water partition coefficient (Wildman–Crippen LogP) is 4.62. The fourth-order valence-electron chi connectivity index (χ4n) is 1.57. The quantitative estimate of drug-likeness (QED) is 0.731. The SMILES string of the molecule is CC(Oc1ccccc1)C(=O)O.Oc1ccccc1.c1ccccc1. The molecule has 1 unspecified atom stereocenters. The first kappa shape index (κ1) is 19.8. The number of carboxylic acids is 1. The van der Waals surface area contributed by atoms with Crippen LogP contribution in [0.15, 0.2) is 97.1 Å². The molecule has 0 fully saturated rings. The lowest BCUT2D eigenvalue weighted by atomic mass is 10.3. The Labute approximate surface area is 148 Å². The highest BCUT2D eigenvalue weighted by molar-refractivity contribution is 5.72. The van der Waals surface area contributed by atoms with E-state index in [9.17, 15) is 4.79 Å². The molecule has 0 heterocycles. The van der Waals surface area contributed by atoms with E-state index in [0.717, 1.165) is 0 Å². The van der Waals surface area contributed by atoms with Crippen LogP contribution in [0.25, 0.3) is 0 Å². The van der Waals surface area contributed by atoms with Crippen molar-refractivity contribution in [2.45, 2.75) is 13.0 Å². The van der Waals surface area contributed by atoms with Crippen LogP contribution in [-0.2, 0) is 4.79 Å². The van der Waals surface area contributed by atoms with Crippen LogP contribution in [0.4, 0.5) is 0 Å². The predicted molar refractivity (Wildman–Crippen MR) is 98.7 cm³/mol. The van der Waals surface area contributed by atoms with Crippen molar-refractivity contribution < 1.29 is 19.7 Å². The molecule has 4 nitrogen and oxygen atoms in total. The van der Waals surface area contributed by atoms with Crippen LogP contribution in [-0.4, -0.2) is 22.3 Å². The molecular weight excluding hydrogens is 316 g/mol. The molecule has 0 radical (unpaired) electrons. The number of ether oxygens (including phenoxy) is 1. The summed E-state index contributed by atoms with van der Waals surface area (Å²) < 4.78 is 5.08. The highest BCUT2D eigenvalue weighted by Crippen LogP contribution is 2.10. The number of hydrogen-bond donors (Lipinski definition) is 2. The molecule has 3 aromatic rings. The summed E-state index contributed by atoms with van der Waals surface area (Å²) in [5.41, 5.74) is 0. The summed E-state index contributed by atoms with van der Waals surface area (Å²) >= 11 is 0. The largest absolute Gasteiger partial charge is 0.508 e. The minimum absolute atomic E-state index is 0.322. The van der Waals surface area contributed by atoms with Crippen LogP contribution in [0.3, 0.4) is 0 Å². The standard InChI is InChI=1S/C9H10O3.C6H6O.C6H6/c1-7(9(10)11)12-8-5-3-2-4-6-8;7-6-4-2-1-3-5-6;1-2-4-6-5-3-1/h2-7H,1H3,(H,10,11);1-5,7H;1-6H. The Balaban J connectivity index is 0.000000203. The van der Waals surface area contributed by atoms with Gasteiger partial charge in [-0.15, -0.1) is 0 Å². The van der Waals surface area contributed by atoms with Gasteiger partial charge in [0.05, 0.1) is 0 Å². The number of carbonyl (C=O) groups is 1. The second kappa shape index (κ2) is 12.2. The first-order valence-corrected chi connectivity index (χ1v) is 7.78. The first-order valence-electron chi connectivity index (χ1n) is 7.78. The van der Waals surface area contributed by atoms with E-state index in [0.29, 0.717) is 11.5 Å². The van der Waals surface area contributed by atoms with E-state index in [4.69, 9.17) is 14.9 Å². The third kappa shape index (κ3) is 10.2. The van der Waals surface area contributed by atoms with Crippen molar-refractivity contribution in [1.82, 2.24) is 0 Å². The molecule has 3 aromatic carbocycles. The molecule has 0 saturated heterocycles. The Morgan fingerprint density at radius 3 is 1.44 bits per heavy atom. The smallest absolute Gasteiger partial charge is 0.344 e. The highest BCUT2D eigenvalue weighted by Gasteiger charge is 2.11. The van der Waals surface area contributed by atoms with Gasteiger partial charge in [0.2, 0.25) is 0 Å². The maximum Gasteiger partial charge on any atom is 0.344 e. The number of benzene rings is 3. The number of aromatic hydroxyl groups is 1. The first-order chi connectivity index (χ1) is 12.1. The molecule has 1 atom stereocenters. The van der Waals surface area contributed by atoms with E-state index in [1.807, 2.05) is 48.5 Å². The molecule has 4 heteroatoms. The number of para-hydroxylation sites is 2. The second-order valence-corrected chi connectivity index (χ2v) is 4.90. The van der Waals surface area contributed by atoms with Crippen molar-refractivity contribution in [2.24, 2.45) is 0 Å². The van der Waals surface area contributed by atoms with E-state index in [2.05, 4.69) is 0 Å². The zero-order chi connectivity index (χ0) is 18.3. The van der Waals surface area contributed by atoms with Gasteiger partial charge in [0.25, 0.3) is 0 Å². The van der Waals surface area contributed by atoms with Crippen LogP contribution in [0.1, 0.15) is 6.92 Å². The highest BCUT2D eigenvalue weighted by atomic mass is 16.5. The lowest BCUT2D eigenvalue weighted by molar-refractivity contribution is -0.144. The van der Waals surface area contributed by atoms with Crippen LogP contribution < -0.4 is 4.74 Å². The molecule has 2 N–H and O–H groups in total. The van der Waals surface area contributed by atoms with Crippen molar-refractivity contribution >= 4 is 5.97 Å². The molecule has 0 bridgehead atoms. The third-order valence-corrected chi connectivity index (χ3v) is 2.83. The molecule has 0 aliphatic rings. The van der Waals surface area contributed by atoms with Crippen molar-refractivity contribution in [3.63, 3.8) is 0 Å². The van der Waals surface area contributed by atoms with Crippen LogP contribution in [0.5, 0.6) is 11.5 Å². The molecule has 0 aliphatic carbocycles. The Hall–Kier alpha value is -3.27. The van der Waals surface area contributed by atoms with Gasteiger partial charge < -0.3 is 14.9 Å². The zero-order valence-corrected chi connectivity index (χ0v) is 14.0. The van der Waals surface area contributed by atoms with Gasteiger partial charge >= 0.3 is 5.97 Å². The number of hydrogen-bond acceptors (Lipinski definition) is 3. The average molecular weight is 338 g/mol. The fourth-order valence-corrected chi connectivity index (χ4v) is 1.57. The molecule has 0 amide bonds. The van der Waals surface area contributed by atoms with Gasteiger partial charge in [-0.25, -0.2) is 4.79 Å². The van der Waals surface area contributed by atoms with Crippen LogP contribution in [0, 0.1) is 0 Å². The van der Waals surface area contributed by atoms with E-state index in [-0.39, 0.29) is 0 Å². The van der Waals surface area contributed by atoms with E-state index >= 15 is 0 Å². The number of carboxylic acid groups (broad SMARTS) is 1. The molecular formula is C21H22O4. The van der Waals surface area contributed by atoms with Gasteiger partial charge in [-0.2, -0.15) is 0 Å². The normalized spacial score (nSPS) is 10.1. The van der Waals surface area contributed by atoms with Gasteiger partial charge in [0, 0.05) is 0 Å². The molecule has 0 spiro atoms. The van der Waals surface area contributed by atoms with E-state index < -0.39 is 12.1 Å².